The summed E-state index contributed by atoms with van der Waals surface area (Å²) in [6, 6.07) is 11.2. The molecule has 2 fully saturated rings. The van der Waals surface area contributed by atoms with Gasteiger partial charge in [-0.15, -0.1) is 0 Å². The highest BCUT2D eigenvalue weighted by atomic mass is 32.1. The zero-order chi connectivity index (χ0) is 25.7. The van der Waals surface area contributed by atoms with E-state index in [1.165, 1.54) is 12.0 Å². The molecule has 0 aromatic heterocycles. The van der Waals surface area contributed by atoms with Crippen LogP contribution in [0.1, 0.15) is 34.0 Å². The summed E-state index contributed by atoms with van der Waals surface area (Å²) in [5.41, 5.74) is 0.150. The molecule has 6 amide bonds. The first-order valence-corrected chi connectivity index (χ1v) is 11.4. The molecule has 2 aromatic carbocycles. The first-order chi connectivity index (χ1) is 17.1. The molecule has 3 aliphatic heterocycles. The molecule has 0 radical (unpaired) electrons. The van der Waals surface area contributed by atoms with Gasteiger partial charge >= 0.3 is 12.1 Å². The SMILES string of the molecule is COc1ccc2c(c1)C(=O)N(C[C@@]1(C#Cc3ccc(C4(C)NC(=O)NC4=S)cc3)NC(=O)NC1=O)C2. The predicted molar refractivity (Wildman–Crippen MR) is 132 cm³/mol. The minimum absolute atomic E-state index is 0.129. The number of carbonyl (C=O) groups excluding carboxylic acids is 4. The summed E-state index contributed by atoms with van der Waals surface area (Å²) in [7, 11) is 1.52. The van der Waals surface area contributed by atoms with Crippen molar-refractivity contribution < 1.29 is 23.9 Å². The lowest BCUT2D eigenvalue weighted by molar-refractivity contribution is -0.122. The fourth-order valence-electron chi connectivity index (χ4n) is 4.42. The summed E-state index contributed by atoms with van der Waals surface area (Å²) in [5, 5.41) is 10.2. The van der Waals surface area contributed by atoms with Crippen LogP contribution in [-0.4, -0.2) is 53.0 Å². The summed E-state index contributed by atoms with van der Waals surface area (Å²) in [6.45, 7) is 1.94. The molecule has 0 spiro atoms. The largest absolute Gasteiger partial charge is 0.497 e. The smallest absolute Gasteiger partial charge is 0.323 e. The van der Waals surface area contributed by atoms with Crippen LogP contribution in [0.5, 0.6) is 5.75 Å². The summed E-state index contributed by atoms with van der Waals surface area (Å²) in [4.78, 5) is 51.4. The Hall–Kier alpha value is -4.43. The number of methoxy groups -OCH3 is 1. The van der Waals surface area contributed by atoms with Crippen LogP contribution < -0.4 is 26.0 Å². The van der Waals surface area contributed by atoms with Gasteiger partial charge in [-0.2, -0.15) is 0 Å². The third-order valence-electron chi connectivity index (χ3n) is 6.49. The maximum atomic E-state index is 13.0. The number of fused-ring (bicyclic) bond motifs is 1. The van der Waals surface area contributed by atoms with Gasteiger partial charge in [0.25, 0.3) is 11.8 Å². The molecule has 36 heavy (non-hydrogen) atoms. The fraction of sp³-hybridized carbons (Fsp3) is 0.240. The summed E-state index contributed by atoms with van der Waals surface area (Å²) in [5.74, 6) is 5.46. The van der Waals surface area contributed by atoms with E-state index in [0.717, 1.165) is 11.1 Å². The van der Waals surface area contributed by atoms with Crippen molar-refractivity contribution in [3.05, 3.63) is 64.7 Å². The van der Waals surface area contributed by atoms with Crippen molar-refractivity contribution in [2.24, 2.45) is 0 Å². The number of nitrogens with zero attached hydrogens (tertiary/aromatic N) is 1. The molecule has 0 saturated carbocycles. The Bertz CT molecular complexity index is 1410. The number of amides is 6. The van der Waals surface area contributed by atoms with Gasteiger partial charge in [0.05, 0.1) is 13.7 Å². The van der Waals surface area contributed by atoms with Crippen molar-refractivity contribution in [3.63, 3.8) is 0 Å². The van der Waals surface area contributed by atoms with Crippen LogP contribution in [-0.2, 0) is 16.9 Å². The number of rotatable bonds is 4. The van der Waals surface area contributed by atoms with Gasteiger partial charge in [0.2, 0.25) is 5.54 Å². The number of nitrogens with one attached hydrogen (secondary N) is 4. The number of urea groups is 2. The monoisotopic (exact) mass is 503 g/mol. The van der Waals surface area contributed by atoms with E-state index in [9.17, 15) is 19.2 Å². The first-order valence-electron chi connectivity index (χ1n) is 11.0. The Balaban J connectivity index is 1.41. The number of imide groups is 1. The van der Waals surface area contributed by atoms with Crippen LogP contribution in [0.15, 0.2) is 42.5 Å². The van der Waals surface area contributed by atoms with E-state index in [4.69, 9.17) is 17.0 Å². The van der Waals surface area contributed by atoms with E-state index in [1.54, 1.807) is 49.4 Å². The van der Waals surface area contributed by atoms with Crippen LogP contribution in [0.2, 0.25) is 0 Å². The molecule has 1 unspecified atom stereocenters. The lowest BCUT2D eigenvalue weighted by Gasteiger charge is -2.26. The average Bonchev–Trinajstić information content (AvgIpc) is 3.42. The highest BCUT2D eigenvalue weighted by Crippen LogP contribution is 2.29. The normalized spacial score (nSPS) is 24.4. The molecule has 3 heterocycles. The van der Waals surface area contributed by atoms with Crippen molar-refractivity contribution in [3.8, 4) is 17.6 Å². The quantitative estimate of drug-likeness (QED) is 0.281. The number of ether oxygens (including phenoxy) is 1. The van der Waals surface area contributed by atoms with Gasteiger partial charge in [0, 0.05) is 17.7 Å². The molecule has 182 valence electrons. The van der Waals surface area contributed by atoms with Crippen LogP contribution >= 0.6 is 12.2 Å². The fourth-order valence-corrected chi connectivity index (χ4v) is 4.69. The Labute approximate surface area is 211 Å². The predicted octanol–water partition coefficient (Wildman–Crippen LogP) is 1.14. The molecule has 11 heteroatoms. The number of carbonyl (C=O) groups is 4. The number of hydrogen-bond acceptors (Lipinski definition) is 6. The lowest BCUT2D eigenvalue weighted by Crippen LogP contribution is -2.54. The van der Waals surface area contributed by atoms with Gasteiger partial charge in [-0.05, 0) is 42.3 Å². The van der Waals surface area contributed by atoms with Crippen LogP contribution in [0.25, 0.3) is 0 Å². The maximum Gasteiger partial charge on any atom is 0.323 e. The minimum atomic E-state index is -1.62. The topological polar surface area (TPSA) is 129 Å². The number of benzene rings is 2. The molecule has 5 rings (SSSR count). The van der Waals surface area contributed by atoms with Gasteiger partial charge in [0.1, 0.15) is 16.3 Å². The van der Waals surface area contributed by atoms with Crippen molar-refractivity contribution >= 4 is 41.1 Å². The first kappa shape index (κ1) is 23.3. The van der Waals surface area contributed by atoms with Gasteiger partial charge < -0.3 is 20.3 Å². The second kappa shape index (κ2) is 8.35. The molecular weight excluding hydrogens is 482 g/mol. The standard InChI is InChI=1S/C25H21N5O5S/c1-24(21(36)27-23(34)28-24)16-6-3-14(4-7-16)9-10-25(20(32)26-22(33)29-25)13-30-12-15-5-8-17(35-2)11-18(15)19(30)31/h3-8,11H,12-13H2,1-2H3,(H2,26,29,32,33)(H2,27,28,34,36)/t24?,25-/m1/s1. The van der Waals surface area contributed by atoms with Crippen LogP contribution in [0.3, 0.4) is 0 Å². The molecule has 2 atom stereocenters. The average molecular weight is 504 g/mol. The Morgan fingerprint density at radius 3 is 2.36 bits per heavy atom. The number of thiocarbonyl (C=S) groups is 1. The lowest BCUT2D eigenvalue weighted by atomic mass is 9.92. The van der Waals surface area contributed by atoms with Gasteiger partial charge in [-0.1, -0.05) is 42.3 Å². The minimum Gasteiger partial charge on any atom is -0.497 e. The van der Waals surface area contributed by atoms with E-state index < -0.39 is 23.0 Å². The van der Waals surface area contributed by atoms with E-state index >= 15 is 0 Å². The Morgan fingerprint density at radius 1 is 1.03 bits per heavy atom. The zero-order valence-electron chi connectivity index (χ0n) is 19.4. The van der Waals surface area contributed by atoms with Gasteiger partial charge in [-0.25, -0.2) is 9.59 Å². The molecule has 3 aliphatic rings. The molecule has 4 N–H and O–H groups in total. The van der Waals surface area contributed by atoms with Gasteiger partial charge in [0.15, 0.2) is 0 Å². The maximum absolute atomic E-state index is 13.0. The zero-order valence-corrected chi connectivity index (χ0v) is 20.2. The van der Waals surface area contributed by atoms with E-state index in [0.29, 0.717) is 21.9 Å². The Morgan fingerprint density at radius 2 is 1.75 bits per heavy atom. The molecule has 0 bridgehead atoms. The third-order valence-corrected chi connectivity index (χ3v) is 7.00. The van der Waals surface area contributed by atoms with E-state index in [1.807, 2.05) is 0 Å². The number of hydrogen-bond donors (Lipinski definition) is 4. The van der Waals surface area contributed by atoms with E-state index in [-0.39, 0.29) is 25.0 Å². The molecular formula is C25H21N5O5S. The summed E-state index contributed by atoms with van der Waals surface area (Å²) in [6.07, 6.45) is 0. The van der Waals surface area contributed by atoms with Crippen molar-refractivity contribution in [2.45, 2.75) is 24.5 Å². The summed E-state index contributed by atoms with van der Waals surface area (Å²) < 4.78 is 5.21. The Kier molecular flexibility index (Phi) is 5.41. The van der Waals surface area contributed by atoms with Crippen LogP contribution in [0.4, 0.5) is 9.59 Å². The van der Waals surface area contributed by atoms with E-state index in [2.05, 4.69) is 33.1 Å². The second-order valence-corrected chi connectivity index (χ2v) is 9.27. The molecule has 2 saturated heterocycles. The van der Waals surface area contributed by atoms with Crippen LogP contribution in [0, 0.1) is 11.8 Å². The summed E-state index contributed by atoms with van der Waals surface area (Å²) >= 11 is 5.28. The highest BCUT2D eigenvalue weighted by molar-refractivity contribution is 7.80. The highest BCUT2D eigenvalue weighted by Gasteiger charge is 2.48. The second-order valence-electron chi connectivity index (χ2n) is 8.86. The van der Waals surface area contributed by atoms with Crippen molar-refractivity contribution in [1.29, 1.82) is 0 Å². The molecule has 0 aliphatic carbocycles. The molecule has 10 nitrogen and oxygen atoms in total. The molecule has 2 aromatic rings. The van der Waals surface area contributed by atoms with Gasteiger partial charge in [-0.3, -0.25) is 20.2 Å². The van der Waals surface area contributed by atoms with Crippen molar-refractivity contribution in [2.75, 3.05) is 13.7 Å². The van der Waals surface area contributed by atoms with Crippen molar-refractivity contribution in [1.82, 2.24) is 26.2 Å². The third kappa shape index (κ3) is 3.81.